The van der Waals surface area contributed by atoms with E-state index in [1.165, 1.54) is 7.11 Å². The van der Waals surface area contributed by atoms with Gasteiger partial charge in [-0.15, -0.1) is 0 Å². The number of hydrogen-bond donors (Lipinski definition) is 0. The molecular weight excluding hydrogens is 236 g/mol. The maximum absolute atomic E-state index is 11.5. The molecule has 0 aliphatic rings. The van der Waals surface area contributed by atoms with Crippen LogP contribution >= 0.6 is 0 Å². The molecule has 0 saturated heterocycles. The van der Waals surface area contributed by atoms with Crippen LogP contribution in [-0.2, 0) is 14.3 Å². The van der Waals surface area contributed by atoms with E-state index in [2.05, 4.69) is 4.74 Å². The molecule has 0 bridgehead atoms. The Morgan fingerprint density at radius 1 is 1.28 bits per heavy atom. The molecule has 5 heteroatoms. The van der Waals surface area contributed by atoms with Crippen LogP contribution in [0, 0.1) is 6.92 Å². The normalized spacial score (nSPS) is 9.72. The van der Waals surface area contributed by atoms with Crippen LogP contribution in [0.3, 0.4) is 0 Å². The molecule has 0 unspecified atom stereocenters. The zero-order valence-electron chi connectivity index (χ0n) is 10.7. The van der Waals surface area contributed by atoms with Crippen molar-refractivity contribution in [3.63, 3.8) is 0 Å². The van der Waals surface area contributed by atoms with Gasteiger partial charge in [-0.1, -0.05) is 11.6 Å². The first-order valence-corrected chi connectivity index (χ1v) is 5.55. The van der Waals surface area contributed by atoms with Crippen LogP contribution in [0.1, 0.15) is 22.8 Å². The largest absolute Gasteiger partial charge is 0.481 e. The van der Waals surface area contributed by atoms with Crippen molar-refractivity contribution in [3.05, 3.63) is 29.3 Å². The van der Waals surface area contributed by atoms with Crippen molar-refractivity contribution in [2.75, 3.05) is 20.3 Å². The summed E-state index contributed by atoms with van der Waals surface area (Å²) in [5.41, 5.74) is 1.20. The van der Waals surface area contributed by atoms with Crippen molar-refractivity contribution in [2.24, 2.45) is 0 Å². The molecular formula is C13H16O5. The third kappa shape index (κ3) is 3.76. The van der Waals surface area contributed by atoms with E-state index >= 15 is 0 Å². The van der Waals surface area contributed by atoms with Crippen LogP contribution in [0.25, 0.3) is 0 Å². The van der Waals surface area contributed by atoms with E-state index in [-0.39, 0.29) is 6.61 Å². The number of esters is 2. The summed E-state index contributed by atoms with van der Waals surface area (Å²) in [6, 6.07) is 5.06. The Bertz CT molecular complexity index is 439. The molecule has 0 aliphatic heterocycles. The molecule has 0 fully saturated rings. The zero-order valence-corrected chi connectivity index (χ0v) is 10.7. The summed E-state index contributed by atoms with van der Waals surface area (Å²) in [6.45, 7) is 3.62. The topological polar surface area (TPSA) is 61.8 Å². The van der Waals surface area contributed by atoms with Gasteiger partial charge in [-0.25, -0.2) is 9.59 Å². The van der Waals surface area contributed by atoms with E-state index in [1.807, 2.05) is 6.92 Å². The fraction of sp³-hybridized carbons (Fsp3) is 0.385. The van der Waals surface area contributed by atoms with Gasteiger partial charge in [-0.3, -0.25) is 0 Å². The number of benzene rings is 1. The van der Waals surface area contributed by atoms with Gasteiger partial charge in [0.15, 0.2) is 6.61 Å². The Hall–Kier alpha value is -2.04. The number of aryl methyl sites for hydroxylation is 1. The predicted octanol–water partition coefficient (Wildman–Crippen LogP) is 1.72. The van der Waals surface area contributed by atoms with Gasteiger partial charge in [0.1, 0.15) is 11.3 Å². The highest BCUT2D eigenvalue weighted by Crippen LogP contribution is 2.20. The van der Waals surface area contributed by atoms with Crippen LogP contribution in [0.2, 0.25) is 0 Å². The minimum atomic E-state index is -0.502. The zero-order chi connectivity index (χ0) is 13.5. The average Bonchev–Trinajstić information content (AvgIpc) is 2.36. The Kier molecular flexibility index (Phi) is 5.17. The second-order valence-corrected chi connectivity index (χ2v) is 3.58. The minimum Gasteiger partial charge on any atom is -0.481 e. The standard InChI is InChI=1S/C13H16O5/c1-4-17-12(14)8-18-11-6-5-9(2)7-10(11)13(15)16-3/h5-7H,4,8H2,1-3H3. The summed E-state index contributed by atoms with van der Waals surface area (Å²) in [5, 5.41) is 0. The lowest BCUT2D eigenvalue weighted by Gasteiger charge is -2.10. The molecule has 0 N–H and O–H groups in total. The van der Waals surface area contributed by atoms with E-state index < -0.39 is 11.9 Å². The fourth-order valence-electron chi connectivity index (χ4n) is 1.38. The summed E-state index contributed by atoms with van der Waals surface area (Å²) < 4.78 is 14.6. The number of carbonyl (C=O) groups excluding carboxylic acids is 2. The van der Waals surface area contributed by atoms with Crippen molar-refractivity contribution in [3.8, 4) is 5.75 Å². The van der Waals surface area contributed by atoms with Gasteiger partial charge < -0.3 is 14.2 Å². The van der Waals surface area contributed by atoms with Gasteiger partial charge in [0, 0.05) is 0 Å². The predicted molar refractivity (Wildman–Crippen MR) is 64.6 cm³/mol. The molecule has 1 rings (SSSR count). The van der Waals surface area contributed by atoms with Crippen LogP contribution in [0.5, 0.6) is 5.75 Å². The number of methoxy groups -OCH3 is 1. The van der Waals surface area contributed by atoms with Crippen molar-refractivity contribution in [2.45, 2.75) is 13.8 Å². The van der Waals surface area contributed by atoms with Gasteiger partial charge >= 0.3 is 11.9 Å². The molecule has 0 atom stereocenters. The Morgan fingerprint density at radius 2 is 2.00 bits per heavy atom. The second-order valence-electron chi connectivity index (χ2n) is 3.58. The van der Waals surface area contributed by atoms with E-state index in [9.17, 15) is 9.59 Å². The quantitative estimate of drug-likeness (QED) is 0.747. The van der Waals surface area contributed by atoms with Crippen molar-refractivity contribution in [1.29, 1.82) is 0 Å². The third-order valence-corrected chi connectivity index (χ3v) is 2.19. The molecule has 1 aromatic rings. The molecule has 0 amide bonds. The molecule has 5 nitrogen and oxygen atoms in total. The van der Waals surface area contributed by atoms with Gasteiger partial charge in [-0.05, 0) is 26.0 Å². The minimum absolute atomic E-state index is 0.235. The summed E-state index contributed by atoms with van der Waals surface area (Å²) in [4.78, 5) is 22.7. The molecule has 98 valence electrons. The van der Waals surface area contributed by atoms with Gasteiger partial charge in [0.25, 0.3) is 0 Å². The molecule has 0 aromatic heterocycles. The lowest BCUT2D eigenvalue weighted by atomic mass is 10.1. The lowest BCUT2D eigenvalue weighted by molar-refractivity contribution is -0.145. The highest BCUT2D eigenvalue weighted by molar-refractivity contribution is 5.92. The van der Waals surface area contributed by atoms with E-state index in [4.69, 9.17) is 9.47 Å². The van der Waals surface area contributed by atoms with Gasteiger partial charge in [-0.2, -0.15) is 0 Å². The van der Waals surface area contributed by atoms with Gasteiger partial charge in [0.2, 0.25) is 0 Å². The van der Waals surface area contributed by atoms with E-state index in [0.717, 1.165) is 5.56 Å². The highest BCUT2D eigenvalue weighted by Gasteiger charge is 2.14. The van der Waals surface area contributed by atoms with Gasteiger partial charge in [0.05, 0.1) is 13.7 Å². The Labute approximate surface area is 106 Å². The molecule has 0 heterocycles. The van der Waals surface area contributed by atoms with Crippen LogP contribution in [0.15, 0.2) is 18.2 Å². The maximum Gasteiger partial charge on any atom is 0.344 e. The molecule has 1 aromatic carbocycles. The number of hydrogen-bond acceptors (Lipinski definition) is 5. The maximum atomic E-state index is 11.5. The number of ether oxygens (including phenoxy) is 3. The molecule has 0 spiro atoms. The Morgan fingerprint density at radius 3 is 2.61 bits per heavy atom. The summed E-state index contributed by atoms with van der Waals surface area (Å²) in [5.74, 6) is -0.674. The first-order valence-electron chi connectivity index (χ1n) is 5.55. The number of carbonyl (C=O) groups is 2. The second kappa shape index (κ2) is 6.64. The third-order valence-electron chi connectivity index (χ3n) is 2.19. The lowest BCUT2D eigenvalue weighted by Crippen LogP contribution is -2.16. The summed E-state index contributed by atoms with van der Waals surface area (Å²) >= 11 is 0. The smallest absolute Gasteiger partial charge is 0.344 e. The molecule has 18 heavy (non-hydrogen) atoms. The first kappa shape index (κ1) is 14.0. The van der Waals surface area contributed by atoms with E-state index in [1.54, 1.807) is 25.1 Å². The Balaban J connectivity index is 2.81. The van der Waals surface area contributed by atoms with Crippen molar-refractivity contribution >= 4 is 11.9 Å². The molecule has 0 radical (unpaired) electrons. The van der Waals surface area contributed by atoms with Crippen molar-refractivity contribution < 1.29 is 23.8 Å². The summed E-state index contributed by atoms with van der Waals surface area (Å²) in [6.07, 6.45) is 0. The SMILES string of the molecule is CCOC(=O)COc1ccc(C)cc1C(=O)OC. The van der Waals surface area contributed by atoms with Crippen molar-refractivity contribution in [1.82, 2.24) is 0 Å². The fourth-order valence-corrected chi connectivity index (χ4v) is 1.38. The van der Waals surface area contributed by atoms with Crippen LogP contribution in [-0.4, -0.2) is 32.3 Å². The molecule has 0 saturated carbocycles. The average molecular weight is 252 g/mol. The molecule has 0 aliphatic carbocycles. The summed E-state index contributed by atoms with van der Waals surface area (Å²) in [7, 11) is 1.29. The highest BCUT2D eigenvalue weighted by atomic mass is 16.6. The first-order chi connectivity index (χ1) is 8.58. The van der Waals surface area contributed by atoms with E-state index in [0.29, 0.717) is 17.9 Å². The monoisotopic (exact) mass is 252 g/mol. The number of rotatable bonds is 5. The van der Waals surface area contributed by atoms with Crippen LogP contribution in [0.4, 0.5) is 0 Å². The van der Waals surface area contributed by atoms with Crippen LogP contribution < -0.4 is 4.74 Å².